The van der Waals surface area contributed by atoms with Gasteiger partial charge >= 0.3 is 0 Å². The van der Waals surface area contributed by atoms with Crippen LogP contribution in [0.15, 0.2) is 16.8 Å². The van der Waals surface area contributed by atoms with E-state index in [1.807, 2.05) is 0 Å². The smallest absolute Gasteiger partial charge is 0.0107 e. The van der Waals surface area contributed by atoms with Gasteiger partial charge in [0.25, 0.3) is 0 Å². The van der Waals surface area contributed by atoms with Crippen LogP contribution in [-0.2, 0) is 6.42 Å². The summed E-state index contributed by atoms with van der Waals surface area (Å²) in [6, 6.07) is 2.23. The van der Waals surface area contributed by atoms with Crippen LogP contribution in [0, 0.1) is 11.3 Å². The second kappa shape index (κ2) is 8.30. The normalized spacial score (nSPS) is 21.4. The minimum absolute atomic E-state index is 0.481. The van der Waals surface area contributed by atoms with Gasteiger partial charge in [-0.05, 0) is 79.0 Å². The molecule has 1 saturated heterocycles. The molecule has 1 fully saturated rings. The number of thiophene rings is 1. The Morgan fingerprint density at radius 1 is 1.24 bits per heavy atom. The van der Waals surface area contributed by atoms with Gasteiger partial charge in [0.05, 0.1) is 0 Å². The molecule has 0 bridgehead atoms. The summed E-state index contributed by atoms with van der Waals surface area (Å²) < 4.78 is 0. The maximum atomic E-state index is 3.60. The van der Waals surface area contributed by atoms with E-state index in [-0.39, 0.29) is 0 Å². The monoisotopic (exact) mass is 308 g/mol. The van der Waals surface area contributed by atoms with Gasteiger partial charge in [-0.15, -0.1) is 0 Å². The van der Waals surface area contributed by atoms with Crippen LogP contribution in [0.4, 0.5) is 0 Å². The van der Waals surface area contributed by atoms with Crippen LogP contribution in [0.25, 0.3) is 0 Å². The molecule has 0 saturated carbocycles. The van der Waals surface area contributed by atoms with E-state index in [1.165, 1.54) is 44.5 Å². The van der Waals surface area contributed by atoms with Gasteiger partial charge in [-0.1, -0.05) is 20.8 Å². The van der Waals surface area contributed by atoms with Crippen molar-refractivity contribution in [2.24, 2.45) is 11.3 Å². The zero-order valence-electron chi connectivity index (χ0n) is 14.0. The molecule has 2 rings (SSSR count). The quantitative estimate of drug-likeness (QED) is 0.798. The highest BCUT2D eigenvalue weighted by Crippen LogP contribution is 2.34. The highest BCUT2D eigenvalue weighted by Gasteiger charge is 2.26. The fraction of sp³-hybridized carbons (Fsp3) is 0.778. The SMILES string of the molecule is CC(C)(C)C1CCCN(CCNCCc2ccsc2)CC1. The average molecular weight is 309 g/mol. The third kappa shape index (κ3) is 6.09. The molecule has 1 unspecified atom stereocenters. The van der Waals surface area contributed by atoms with Crippen LogP contribution in [0.2, 0.25) is 0 Å². The third-order valence-corrected chi connectivity index (χ3v) is 5.55. The van der Waals surface area contributed by atoms with Gasteiger partial charge < -0.3 is 10.2 Å². The molecule has 1 aliphatic heterocycles. The van der Waals surface area contributed by atoms with Crippen molar-refractivity contribution in [2.45, 2.75) is 46.5 Å². The summed E-state index contributed by atoms with van der Waals surface area (Å²) in [5.74, 6) is 0.897. The predicted octanol–water partition coefficient (Wildman–Crippen LogP) is 4.03. The zero-order valence-corrected chi connectivity index (χ0v) is 14.8. The van der Waals surface area contributed by atoms with Crippen molar-refractivity contribution in [2.75, 3.05) is 32.7 Å². The van der Waals surface area contributed by atoms with Gasteiger partial charge in [0.1, 0.15) is 0 Å². The minimum Gasteiger partial charge on any atom is -0.315 e. The molecule has 1 N–H and O–H groups in total. The summed E-state index contributed by atoms with van der Waals surface area (Å²) in [6.07, 6.45) is 5.32. The Balaban J connectivity index is 1.58. The Kier molecular flexibility index (Phi) is 6.72. The Hall–Kier alpha value is -0.380. The number of hydrogen-bond acceptors (Lipinski definition) is 3. The van der Waals surface area contributed by atoms with Crippen LogP contribution in [0.3, 0.4) is 0 Å². The van der Waals surface area contributed by atoms with E-state index in [1.54, 1.807) is 11.3 Å². The molecule has 0 radical (unpaired) electrons. The van der Waals surface area contributed by atoms with E-state index in [4.69, 9.17) is 0 Å². The highest BCUT2D eigenvalue weighted by atomic mass is 32.1. The molecule has 1 aliphatic rings. The lowest BCUT2D eigenvalue weighted by Gasteiger charge is -2.29. The van der Waals surface area contributed by atoms with Gasteiger partial charge in [-0.25, -0.2) is 0 Å². The number of rotatable bonds is 6. The fourth-order valence-electron chi connectivity index (χ4n) is 3.28. The van der Waals surface area contributed by atoms with Crippen LogP contribution in [-0.4, -0.2) is 37.6 Å². The Labute approximate surface area is 134 Å². The first-order valence-electron chi connectivity index (χ1n) is 8.50. The summed E-state index contributed by atoms with van der Waals surface area (Å²) in [5, 5.41) is 8.01. The Bertz CT molecular complexity index is 380. The molecular weight excluding hydrogens is 276 g/mol. The Morgan fingerprint density at radius 3 is 2.81 bits per heavy atom. The van der Waals surface area contributed by atoms with Crippen molar-refractivity contribution in [1.82, 2.24) is 10.2 Å². The number of nitrogens with zero attached hydrogens (tertiary/aromatic N) is 1. The van der Waals surface area contributed by atoms with Crippen LogP contribution in [0.1, 0.15) is 45.6 Å². The van der Waals surface area contributed by atoms with Gasteiger partial charge in [-0.2, -0.15) is 11.3 Å². The summed E-state index contributed by atoms with van der Waals surface area (Å²) in [4.78, 5) is 2.66. The molecule has 2 heterocycles. The molecule has 120 valence electrons. The molecule has 21 heavy (non-hydrogen) atoms. The summed E-state index contributed by atoms with van der Waals surface area (Å²) in [5.41, 5.74) is 1.95. The first kappa shape index (κ1) is 17.0. The van der Waals surface area contributed by atoms with Crippen molar-refractivity contribution in [1.29, 1.82) is 0 Å². The zero-order chi connectivity index (χ0) is 15.1. The van der Waals surface area contributed by atoms with Crippen molar-refractivity contribution in [3.05, 3.63) is 22.4 Å². The molecule has 0 aliphatic carbocycles. The number of hydrogen-bond donors (Lipinski definition) is 1. The summed E-state index contributed by atoms with van der Waals surface area (Å²) in [6.45, 7) is 13.2. The molecule has 0 spiro atoms. The first-order chi connectivity index (χ1) is 10.1. The van der Waals surface area contributed by atoms with E-state index in [0.29, 0.717) is 5.41 Å². The molecule has 0 aromatic carbocycles. The topological polar surface area (TPSA) is 15.3 Å². The van der Waals surface area contributed by atoms with Crippen LogP contribution < -0.4 is 5.32 Å². The molecule has 1 aromatic rings. The second-order valence-electron chi connectivity index (χ2n) is 7.47. The molecule has 2 nitrogen and oxygen atoms in total. The molecule has 1 aromatic heterocycles. The standard InChI is InChI=1S/C18H32N2S/c1-18(2,3)17-5-4-11-20(12-7-17)13-10-19-9-6-16-8-14-21-15-16/h8,14-15,17,19H,4-7,9-13H2,1-3H3. The van der Waals surface area contributed by atoms with Gasteiger partial charge in [0.2, 0.25) is 0 Å². The molecule has 1 atom stereocenters. The van der Waals surface area contributed by atoms with E-state index in [9.17, 15) is 0 Å². The lowest BCUT2D eigenvalue weighted by molar-refractivity contribution is 0.208. The highest BCUT2D eigenvalue weighted by molar-refractivity contribution is 7.07. The van der Waals surface area contributed by atoms with Crippen molar-refractivity contribution >= 4 is 11.3 Å². The van der Waals surface area contributed by atoms with Gasteiger partial charge in [0.15, 0.2) is 0 Å². The summed E-state index contributed by atoms with van der Waals surface area (Å²) in [7, 11) is 0. The Morgan fingerprint density at radius 2 is 2.10 bits per heavy atom. The van der Waals surface area contributed by atoms with Crippen molar-refractivity contribution in [3.63, 3.8) is 0 Å². The van der Waals surface area contributed by atoms with Gasteiger partial charge in [0, 0.05) is 13.1 Å². The largest absolute Gasteiger partial charge is 0.315 e. The van der Waals surface area contributed by atoms with Crippen LogP contribution >= 0.6 is 11.3 Å². The second-order valence-corrected chi connectivity index (χ2v) is 8.25. The van der Waals surface area contributed by atoms with E-state index >= 15 is 0 Å². The van der Waals surface area contributed by atoms with Crippen LogP contribution in [0.5, 0.6) is 0 Å². The van der Waals surface area contributed by atoms with E-state index in [0.717, 1.165) is 25.4 Å². The maximum Gasteiger partial charge on any atom is 0.0107 e. The van der Waals surface area contributed by atoms with Gasteiger partial charge in [-0.3, -0.25) is 0 Å². The third-order valence-electron chi connectivity index (χ3n) is 4.82. The molecule has 0 amide bonds. The average Bonchev–Trinajstić information content (AvgIpc) is 2.81. The lowest BCUT2D eigenvalue weighted by atomic mass is 9.77. The molecule has 3 heteroatoms. The summed E-state index contributed by atoms with van der Waals surface area (Å²) >= 11 is 1.79. The first-order valence-corrected chi connectivity index (χ1v) is 9.44. The van der Waals surface area contributed by atoms with E-state index in [2.05, 4.69) is 47.8 Å². The fourth-order valence-corrected chi connectivity index (χ4v) is 3.98. The van der Waals surface area contributed by atoms with Crippen molar-refractivity contribution in [3.8, 4) is 0 Å². The number of nitrogens with one attached hydrogen (secondary N) is 1. The predicted molar refractivity (Wildman–Crippen MR) is 94.1 cm³/mol. The lowest BCUT2D eigenvalue weighted by Crippen LogP contribution is -2.34. The van der Waals surface area contributed by atoms with Crippen molar-refractivity contribution < 1.29 is 0 Å². The minimum atomic E-state index is 0.481. The maximum absolute atomic E-state index is 3.60. The number of likely N-dealkylation sites (tertiary alicyclic amines) is 1. The molecular formula is C18H32N2S. The van der Waals surface area contributed by atoms with E-state index < -0.39 is 0 Å².